The average molecular weight is 465 g/mol. The van der Waals surface area contributed by atoms with Crippen molar-refractivity contribution in [3.8, 4) is 0 Å². The Morgan fingerprint density at radius 1 is 1.03 bits per heavy atom. The highest BCUT2D eigenvalue weighted by molar-refractivity contribution is 9.10. The minimum Gasteiger partial charge on any atom is -0.478 e. The van der Waals surface area contributed by atoms with Crippen molar-refractivity contribution in [2.75, 3.05) is 4.90 Å². The van der Waals surface area contributed by atoms with Gasteiger partial charge in [0.05, 0.1) is 16.8 Å². The monoisotopic (exact) mass is 464 g/mol. The number of halogens is 2. The first-order valence-electron chi connectivity index (χ1n) is 8.93. The van der Waals surface area contributed by atoms with Crippen molar-refractivity contribution in [2.24, 2.45) is 4.99 Å². The van der Waals surface area contributed by atoms with Crippen LogP contribution in [0.3, 0.4) is 0 Å². The van der Waals surface area contributed by atoms with E-state index in [0.717, 1.165) is 4.47 Å². The molecule has 0 saturated heterocycles. The summed E-state index contributed by atoms with van der Waals surface area (Å²) in [4.78, 5) is 30.0. The number of anilines is 1. The topological polar surface area (TPSA) is 70.0 Å². The maximum atomic E-state index is 14.5. The molecule has 0 aromatic heterocycles. The maximum absolute atomic E-state index is 14.5. The minimum absolute atomic E-state index is 0.122. The fraction of sp³-hybridized carbons (Fsp3) is 0. The SMILES string of the molecule is O=C(O)c1ccc(/C=C2/N=C(c3ccccc3F)N(c3cccc(Br)c3)C2=O)cc1. The summed E-state index contributed by atoms with van der Waals surface area (Å²) in [7, 11) is 0. The fourth-order valence-electron chi connectivity index (χ4n) is 3.07. The van der Waals surface area contributed by atoms with Gasteiger partial charge in [-0.05, 0) is 54.1 Å². The molecule has 3 aromatic rings. The standard InChI is InChI=1S/C23H14BrFN2O3/c24-16-4-3-5-17(13-16)27-21(18-6-1-2-7-19(18)25)26-20(22(27)28)12-14-8-10-15(11-9-14)23(29)30/h1-13H,(H,29,30)/b20-12+. The third-order valence-corrected chi connectivity index (χ3v) is 5.00. The van der Waals surface area contributed by atoms with Crippen LogP contribution in [-0.2, 0) is 4.79 Å². The summed E-state index contributed by atoms with van der Waals surface area (Å²) < 4.78 is 15.3. The molecular formula is C23H14BrFN2O3. The summed E-state index contributed by atoms with van der Waals surface area (Å²) in [5.41, 5.74) is 1.62. The van der Waals surface area contributed by atoms with E-state index in [0.29, 0.717) is 11.3 Å². The Labute approximate surface area is 179 Å². The van der Waals surface area contributed by atoms with Gasteiger partial charge in [0.2, 0.25) is 0 Å². The first kappa shape index (κ1) is 19.7. The number of benzene rings is 3. The molecule has 1 N–H and O–H groups in total. The fourth-order valence-corrected chi connectivity index (χ4v) is 3.46. The second-order valence-electron chi connectivity index (χ2n) is 6.49. The molecule has 0 atom stereocenters. The quantitative estimate of drug-likeness (QED) is 0.544. The molecule has 1 amide bonds. The molecule has 0 bridgehead atoms. The molecule has 0 radical (unpaired) electrons. The Bertz CT molecular complexity index is 1220. The zero-order valence-corrected chi connectivity index (χ0v) is 17.0. The molecule has 0 aliphatic carbocycles. The van der Waals surface area contributed by atoms with Gasteiger partial charge in [0.1, 0.15) is 11.5 Å². The minimum atomic E-state index is -1.04. The average Bonchev–Trinajstić information content (AvgIpc) is 3.04. The van der Waals surface area contributed by atoms with Gasteiger partial charge in [-0.1, -0.05) is 46.3 Å². The number of aromatic carboxylic acids is 1. The van der Waals surface area contributed by atoms with E-state index in [1.165, 1.54) is 23.1 Å². The molecule has 1 aliphatic rings. The summed E-state index contributed by atoms with van der Waals surface area (Å²) >= 11 is 3.39. The highest BCUT2D eigenvalue weighted by Gasteiger charge is 2.33. The molecular weight excluding hydrogens is 451 g/mol. The summed E-state index contributed by atoms with van der Waals surface area (Å²) in [5.74, 6) is -1.75. The van der Waals surface area contributed by atoms with Crippen LogP contribution in [0.1, 0.15) is 21.5 Å². The molecule has 4 rings (SSSR count). The number of carbonyl (C=O) groups is 2. The molecule has 0 unspecified atom stereocenters. The molecule has 0 saturated carbocycles. The molecule has 1 heterocycles. The summed E-state index contributed by atoms with van der Waals surface area (Å²) in [6, 6.07) is 19.3. The van der Waals surface area contributed by atoms with Crippen LogP contribution in [0.15, 0.2) is 88.0 Å². The first-order chi connectivity index (χ1) is 14.4. The lowest BCUT2D eigenvalue weighted by molar-refractivity contribution is -0.113. The van der Waals surface area contributed by atoms with Gasteiger partial charge in [-0.2, -0.15) is 0 Å². The Hall–Kier alpha value is -3.58. The van der Waals surface area contributed by atoms with Crippen molar-refractivity contribution in [1.29, 1.82) is 0 Å². The molecule has 0 fully saturated rings. The zero-order chi connectivity index (χ0) is 21.3. The Kier molecular flexibility index (Phi) is 5.29. The van der Waals surface area contributed by atoms with Gasteiger partial charge in [-0.3, -0.25) is 9.69 Å². The van der Waals surface area contributed by atoms with Crippen molar-refractivity contribution in [3.63, 3.8) is 0 Å². The van der Waals surface area contributed by atoms with Crippen LogP contribution >= 0.6 is 15.9 Å². The molecule has 148 valence electrons. The zero-order valence-electron chi connectivity index (χ0n) is 15.4. The third kappa shape index (κ3) is 3.79. The van der Waals surface area contributed by atoms with Gasteiger partial charge >= 0.3 is 5.97 Å². The lowest BCUT2D eigenvalue weighted by Crippen LogP contribution is -2.33. The van der Waals surface area contributed by atoms with Crippen LogP contribution in [0.25, 0.3) is 6.08 Å². The lowest BCUT2D eigenvalue weighted by atomic mass is 10.1. The van der Waals surface area contributed by atoms with Crippen LogP contribution in [-0.4, -0.2) is 22.8 Å². The number of carbonyl (C=O) groups excluding carboxylic acids is 1. The van der Waals surface area contributed by atoms with Gasteiger partial charge in [0.15, 0.2) is 5.84 Å². The highest BCUT2D eigenvalue weighted by Crippen LogP contribution is 2.30. The number of carboxylic acid groups (broad SMARTS) is 1. The number of hydrogen-bond acceptors (Lipinski definition) is 3. The van der Waals surface area contributed by atoms with E-state index in [1.54, 1.807) is 54.6 Å². The predicted molar refractivity (Wildman–Crippen MR) is 116 cm³/mol. The smallest absolute Gasteiger partial charge is 0.335 e. The second kappa shape index (κ2) is 8.04. The van der Waals surface area contributed by atoms with Crippen molar-refractivity contribution >= 4 is 45.4 Å². The number of amidine groups is 1. The van der Waals surface area contributed by atoms with E-state index in [2.05, 4.69) is 20.9 Å². The lowest BCUT2D eigenvalue weighted by Gasteiger charge is -2.19. The van der Waals surface area contributed by atoms with E-state index in [-0.39, 0.29) is 22.7 Å². The highest BCUT2D eigenvalue weighted by atomic mass is 79.9. The van der Waals surface area contributed by atoms with E-state index in [1.807, 2.05) is 6.07 Å². The molecule has 5 nitrogen and oxygen atoms in total. The number of rotatable bonds is 4. The van der Waals surface area contributed by atoms with Crippen molar-refractivity contribution in [3.05, 3.63) is 105 Å². The van der Waals surface area contributed by atoms with E-state index in [4.69, 9.17) is 5.11 Å². The number of carboxylic acids is 1. The number of nitrogens with zero attached hydrogens (tertiary/aromatic N) is 2. The third-order valence-electron chi connectivity index (χ3n) is 4.50. The number of aliphatic imine (C=N–C) groups is 1. The van der Waals surface area contributed by atoms with Gasteiger partial charge in [0, 0.05) is 4.47 Å². The van der Waals surface area contributed by atoms with Crippen molar-refractivity contribution < 1.29 is 19.1 Å². The summed E-state index contributed by atoms with van der Waals surface area (Å²) in [5, 5.41) is 9.03. The molecule has 7 heteroatoms. The van der Waals surface area contributed by atoms with E-state index < -0.39 is 17.7 Å². The summed E-state index contributed by atoms with van der Waals surface area (Å²) in [6.07, 6.45) is 1.55. The Balaban J connectivity index is 1.82. The number of hydrogen-bond donors (Lipinski definition) is 1. The largest absolute Gasteiger partial charge is 0.478 e. The molecule has 3 aromatic carbocycles. The molecule has 30 heavy (non-hydrogen) atoms. The second-order valence-corrected chi connectivity index (χ2v) is 7.41. The summed E-state index contributed by atoms with van der Waals surface area (Å²) in [6.45, 7) is 0. The predicted octanol–water partition coefficient (Wildman–Crippen LogP) is 5.12. The van der Waals surface area contributed by atoms with Gasteiger partial charge in [-0.25, -0.2) is 14.2 Å². The van der Waals surface area contributed by atoms with Gasteiger partial charge < -0.3 is 5.11 Å². The van der Waals surface area contributed by atoms with Crippen molar-refractivity contribution in [2.45, 2.75) is 0 Å². The normalized spacial score (nSPS) is 14.9. The van der Waals surface area contributed by atoms with Crippen LogP contribution in [0.5, 0.6) is 0 Å². The molecule has 1 aliphatic heterocycles. The van der Waals surface area contributed by atoms with Crippen LogP contribution in [0.2, 0.25) is 0 Å². The number of amides is 1. The van der Waals surface area contributed by atoms with E-state index >= 15 is 0 Å². The van der Waals surface area contributed by atoms with Crippen LogP contribution < -0.4 is 4.90 Å². The Morgan fingerprint density at radius 2 is 1.77 bits per heavy atom. The van der Waals surface area contributed by atoms with Crippen LogP contribution in [0.4, 0.5) is 10.1 Å². The van der Waals surface area contributed by atoms with Crippen molar-refractivity contribution in [1.82, 2.24) is 0 Å². The Morgan fingerprint density at radius 3 is 2.43 bits per heavy atom. The van der Waals surface area contributed by atoms with Crippen LogP contribution in [0, 0.1) is 5.82 Å². The first-order valence-corrected chi connectivity index (χ1v) is 9.72. The van der Waals surface area contributed by atoms with E-state index in [9.17, 15) is 14.0 Å². The molecule has 0 spiro atoms. The van der Waals surface area contributed by atoms with Gasteiger partial charge in [-0.15, -0.1) is 0 Å². The van der Waals surface area contributed by atoms with Gasteiger partial charge in [0.25, 0.3) is 5.91 Å². The maximum Gasteiger partial charge on any atom is 0.335 e.